The average Bonchev–Trinajstić information content (AvgIpc) is 3.05. The maximum absolute atomic E-state index is 12.6. The molecule has 1 fully saturated rings. The van der Waals surface area contributed by atoms with Gasteiger partial charge < -0.3 is 9.73 Å². The molecule has 1 amide bonds. The van der Waals surface area contributed by atoms with Crippen LogP contribution >= 0.6 is 0 Å². The van der Waals surface area contributed by atoms with E-state index in [1.807, 2.05) is 0 Å². The third kappa shape index (κ3) is 4.18. The fourth-order valence-electron chi connectivity index (χ4n) is 3.52. The molecule has 1 aliphatic rings. The minimum Gasteiger partial charge on any atom is -0.455 e. The molecule has 1 aromatic heterocycles. The highest BCUT2D eigenvalue weighted by Crippen LogP contribution is 2.25. The fraction of sp³-hybridized carbons (Fsp3) is 0.450. The zero-order valence-electron chi connectivity index (χ0n) is 15.2. The largest absolute Gasteiger partial charge is 0.455 e. The molecule has 0 saturated heterocycles. The second-order valence-electron chi connectivity index (χ2n) is 7.13. The molecule has 0 radical (unpaired) electrons. The van der Waals surface area contributed by atoms with Crippen molar-refractivity contribution in [2.75, 3.05) is 0 Å². The Labute approximate surface area is 154 Å². The van der Waals surface area contributed by atoms with Crippen LogP contribution in [0, 0.1) is 12.8 Å². The van der Waals surface area contributed by atoms with Gasteiger partial charge in [-0.3, -0.25) is 4.79 Å². The Morgan fingerprint density at radius 1 is 1.15 bits per heavy atom. The Bertz CT molecular complexity index is 885. The predicted molar refractivity (Wildman–Crippen MR) is 99.7 cm³/mol. The number of aryl methyl sites for hydroxylation is 1. The Kier molecular flexibility index (Phi) is 5.51. The first-order chi connectivity index (χ1) is 12.4. The molecule has 3 rings (SSSR count). The van der Waals surface area contributed by atoms with E-state index in [9.17, 15) is 13.2 Å². The third-order valence-corrected chi connectivity index (χ3v) is 6.87. The minimum absolute atomic E-state index is 0.153. The zero-order chi connectivity index (χ0) is 18.7. The number of nitrogens with one attached hydrogen (secondary N) is 1. The van der Waals surface area contributed by atoms with E-state index in [1.165, 1.54) is 6.42 Å². The molecule has 0 bridgehead atoms. The number of rotatable bonds is 5. The monoisotopic (exact) mass is 375 g/mol. The van der Waals surface area contributed by atoms with Crippen molar-refractivity contribution in [1.82, 2.24) is 5.32 Å². The van der Waals surface area contributed by atoms with Gasteiger partial charge >= 0.3 is 0 Å². The summed E-state index contributed by atoms with van der Waals surface area (Å²) in [5, 5.41) is 3.02. The van der Waals surface area contributed by atoms with Gasteiger partial charge in [-0.1, -0.05) is 38.0 Å². The van der Waals surface area contributed by atoms with E-state index in [0.29, 0.717) is 16.4 Å². The lowest BCUT2D eigenvalue weighted by molar-refractivity contribution is 0.0880. The van der Waals surface area contributed by atoms with Gasteiger partial charge in [-0.25, -0.2) is 8.42 Å². The first-order valence-electron chi connectivity index (χ1n) is 9.05. The van der Waals surface area contributed by atoms with E-state index in [-0.39, 0.29) is 29.2 Å². The number of carbonyl (C=O) groups excluding carboxylic acids is 1. The lowest BCUT2D eigenvalue weighted by Gasteiger charge is -2.29. The molecule has 1 N–H and O–H groups in total. The van der Waals surface area contributed by atoms with E-state index in [0.717, 1.165) is 19.3 Å². The van der Waals surface area contributed by atoms with Gasteiger partial charge in [0.05, 0.1) is 4.90 Å². The number of sulfone groups is 1. The summed E-state index contributed by atoms with van der Waals surface area (Å²) in [5.41, 5.74) is 0.698. The van der Waals surface area contributed by atoms with Crippen LogP contribution in [0.2, 0.25) is 0 Å². The van der Waals surface area contributed by atoms with Crippen molar-refractivity contribution < 1.29 is 17.6 Å². The van der Waals surface area contributed by atoms with E-state index < -0.39 is 9.84 Å². The molecule has 1 heterocycles. The molecule has 1 aliphatic carbocycles. The first-order valence-corrected chi connectivity index (χ1v) is 10.7. The molecule has 6 heteroatoms. The zero-order valence-corrected chi connectivity index (χ0v) is 16.0. The molecule has 0 spiro atoms. The van der Waals surface area contributed by atoms with Crippen molar-refractivity contribution in [1.29, 1.82) is 0 Å². The SMILES string of the molecule is Cc1ccccc1S(=O)(=O)Cc1ccc(C(=O)N[C@H]2CCCC[C@H]2C)o1. The molecule has 1 saturated carbocycles. The Morgan fingerprint density at radius 2 is 1.88 bits per heavy atom. The van der Waals surface area contributed by atoms with Gasteiger partial charge in [0.25, 0.3) is 5.91 Å². The summed E-state index contributed by atoms with van der Waals surface area (Å²) in [6.45, 7) is 3.91. The van der Waals surface area contributed by atoms with Gasteiger partial charge in [0.15, 0.2) is 15.6 Å². The number of hydrogen-bond acceptors (Lipinski definition) is 4. The van der Waals surface area contributed by atoms with Gasteiger partial charge in [0, 0.05) is 6.04 Å². The smallest absolute Gasteiger partial charge is 0.287 e. The lowest BCUT2D eigenvalue weighted by atomic mass is 9.86. The summed E-state index contributed by atoms with van der Waals surface area (Å²) < 4.78 is 30.7. The number of carbonyl (C=O) groups is 1. The molecule has 2 aromatic rings. The van der Waals surface area contributed by atoms with Crippen LogP contribution in [0.3, 0.4) is 0 Å². The van der Waals surface area contributed by atoms with Gasteiger partial charge in [0.1, 0.15) is 11.5 Å². The molecular weight excluding hydrogens is 350 g/mol. The topological polar surface area (TPSA) is 76.4 Å². The van der Waals surface area contributed by atoms with E-state index >= 15 is 0 Å². The van der Waals surface area contributed by atoms with Crippen LogP contribution in [0.15, 0.2) is 45.7 Å². The summed E-state index contributed by atoms with van der Waals surface area (Å²) in [6, 6.07) is 10.1. The lowest BCUT2D eigenvalue weighted by Crippen LogP contribution is -2.40. The number of furan rings is 1. The standard InChI is InChI=1S/C20H25NO4S/c1-14-7-3-5-9-17(14)21-20(22)18-12-11-16(25-18)13-26(23,24)19-10-6-4-8-15(19)2/h4,6,8,10-12,14,17H,3,5,7,9,13H2,1-2H3,(H,21,22)/t14-,17+/m1/s1. The van der Waals surface area contributed by atoms with Crippen molar-refractivity contribution >= 4 is 15.7 Å². The van der Waals surface area contributed by atoms with Crippen LogP contribution in [-0.2, 0) is 15.6 Å². The maximum Gasteiger partial charge on any atom is 0.287 e. The van der Waals surface area contributed by atoms with Crippen molar-refractivity contribution in [2.45, 2.75) is 56.2 Å². The predicted octanol–water partition coefficient (Wildman–Crippen LogP) is 3.87. The van der Waals surface area contributed by atoms with Crippen molar-refractivity contribution in [3.05, 3.63) is 53.5 Å². The fourth-order valence-corrected chi connectivity index (χ4v) is 5.05. The molecular formula is C20H25NO4S. The van der Waals surface area contributed by atoms with Crippen LogP contribution in [0.5, 0.6) is 0 Å². The first kappa shape index (κ1) is 18.7. The van der Waals surface area contributed by atoms with Gasteiger partial charge in [-0.05, 0) is 49.4 Å². The average molecular weight is 375 g/mol. The van der Waals surface area contributed by atoms with E-state index in [2.05, 4.69) is 12.2 Å². The van der Waals surface area contributed by atoms with Crippen LogP contribution in [0.1, 0.15) is 54.5 Å². The second-order valence-corrected chi connectivity index (χ2v) is 9.09. The number of amides is 1. The van der Waals surface area contributed by atoms with Gasteiger partial charge in [-0.2, -0.15) is 0 Å². The van der Waals surface area contributed by atoms with Crippen molar-refractivity contribution in [3.63, 3.8) is 0 Å². The Hall–Kier alpha value is -2.08. The van der Waals surface area contributed by atoms with E-state index in [1.54, 1.807) is 43.3 Å². The normalized spacial score (nSPS) is 20.7. The van der Waals surface area contributed by atoms with Gasteiger partial charge in [0.2, 0.25) is 0 Å². The molecule has 140 valence electrons. The number of hydrogen-bond donors (Lipinski definition) is 1. The Morgan fingerprint density at radius 3 is 2.62 bits per heavy atom. The summed E-state index contributed by atoms with van der Waals surface area (Å²) in [4.78, 5) is 12.7. The quantitative estimate of drug-likeness (QED) is 0.861. The summed E-state index contributed by atoms with van der Waals surface area (Å²) >= 11 is 0. The molecule has 1 aromatic carbocycles. The van der Waals surface area contributed by atoms with Crippen LogP contribution in [0.4, 0.5) is 0 Å². The Balaban J connectivity index is 1.69. The minimum atomic E-state index is -3.52. The van der Waals surface area contributed by atoms with Crippen LogP contribution in [0.25, 0.3) is 0 Å². The molecule has 0 unspecified atom stereocenters. The maximum atomic E-state index is 12.6. The molecule has 5 nitrogen and oxygen atoms in total. The van der Waals surface area contributed by atoms with Crippen molar-refractivity contribution in [3.8, 4) is 0 Å². The highest BCUT2D eigenvalue weighted by molar-refractivity contribution is 7.90. The molecule has 26 heavy (non-hydrogen) atoms. The van der Waals surface area contributed by atoms with Gasteiger partial charge in [-0.15, -0.1) is 0 Å². The number of benzene rings is 1. The van der Waals surface area contributed by atoms with Crippen molar-refractivity contribution in [2.24, 2.45) is 5.92 Å². The highest BCUT2D eigenvalue weighted by atomic mass is 32.2. The van der Waals surface area contributed by atoms with Crippen LogP contribution in [-0.4, -0.2) is 20.4 Å². The molecule has 0 aliphatic heterocycles. The van der Waals surface area contributed by atoms with E-state index in [4.69, 9.17) is 4.42 Å². The summed E-state index contributed by atoms with van der Waals surface area (Å²) in [7, 11) is -3.52. The second kappa shape index (κ2) is 7.66. The molecule has 2 atom stereocenters. The van der Waals surface area contributed by atoms with Crippen LogP contribution < -0.4 is 5.32 Å². The summed E-state index contributed by atoms with van der Waals surface area (Å²) in [6.07, 6.45) is 4.41. The highest BCUT2D eigenvalue weighted by Gasteiger charge is 2.25. The summed E-state index contributed by atoms with van der Waals surface area (Å²) in [5.74, 6) is 0.352. The third-order valence-electron chi connectivity index (χ3n) is 5.07.